The minimum absolute atomic E-state index is 0.0119. The summed E-state index contributed by atoms with van der Waals surface area (Å²) in [4.78, 5) is 10.4. The van der Waals surface area contributed by atoms with Gasteiger partial charge in [-0.25, -0.2) is 4.79 Å². The van der Waals surface area contributed by atoms with Crippen LogP contribution in [0.1, 0.15) is 0 Å². The topological polar surface area (TPSA) is 113 Å². The highest BCUT2D eigenvalue weighted by molar-refractivity contribution is 5.73. The minimum atomic E-state index is -1.39. The number of aliphatic hydroxyl groups is 2. The molecule has 6 heteroatoms. The Balaban J connectivity index is 2.66. The summed E-state index contributed by atoms with van der Waals surface area (Å²) in [5, 5.41) is 26.8. The summed E-state index contributed by atoms with van der Waals surface area (Å²) in [6.07, 6.45) is -4.76. The van der Waals surface area contributed by atoms with Gasteiger partial charge in [-0.1, -0.05) is 0 Å². The molecule has 1 heterocycles. The van der Waals surface area contributed by atoms with Crippen molar-refractivity contribution in [2.75, 3.05) is 6.54 Å². The molecular formula is C6H11NO5. The summed E-state index contributed by atoms with van der Waals surface area (Å²) >= 11 is 0. The second kappa shape index (κ2) is 3.36. The van der Waals surface area contributed by atoms with Crippen molar-refractivity contribution >= 4 is 5.97 Å². The highest BCUT2D eigenvalue weighted by Crippen LogP contribution is 2.20. The van der Waals surface area contributed by atoms with Gasteiger partial charge in [-0.3, -0.25) is 0 Å². The zero-order valence-corrected chi connectivity index (χ0v) is 6.25. The summed E-state index contributed by atoms with van der Waals surface area (Å²) in [5.41, 5.74) is 5.16. The molecule has 70 valence electrons. The predicted molar refractivity (Wildman–Crippen MR) is 37.4 cm³/mol. The van der Waals surface area contributed by atoms with Gasteiger partial charge in [-0.05, 0) is 0 Å². The molecular weight excluding hydrogens is 166 g/mol. The van der Waals surface area contributed by atoms with Crippen molar-refractivity contribution in [2.24, 2.45) is 5.73 Å². The maximum absolute atomic E-state index is 10.4. The molecule has 0 unspecified atom stereocenters. The molecule has 0 aliphatic carbocycles. The molecule has 0 bridgehead atoms. The second-order valence-electron chi connectivity index (χ2n) is 2.65. The lowest BCUT2D eigenvalue weighted by Crippen LogP contribution is -2.37. The van der Waals surface area contributed by atoms with E-state index in [-0.39, 0.29) is 6.54 Å². The molecule has 4 atom stereocenters. The fourth-order valence-corrected chi connectivity index (χ4v) is 1.15. The van der Waals surface area contributed by atoms with Crippen molar-refractivity contribution < 1.29 is 24.9 Å². The van der Waals surface area contributed by atoms with Crippen LogP contribution in [-0.2, 0) is 9.53 Å². The number of aliphatic carboxylic acids is 1. The SMILES string of the molecule is NC[C@H]1O[C@H](C(=O)O)[C@H](O)[C@@H]1O. The fraction of sp³-hybridized carbons (Fsp3) is 0.833. The van der Waals surface area contributed by atoms with E-state index in [2.05, 4.69) is 0 Å². The molecule has 0 aromatic carbocycles. The van der Waals surface area contributed by atoms with Crippen molar-refractivity contribution in [3.63, 3.8) is 0 Å². The first kappa shape index (κ1) is 9.40. The van der Waals surface area contributed by atoms with Gasteiger partial charge >= 0.3 is 5.97 Å². The van der Waals surface area contributed by atoms with Crippen molar-refractivity contribution in [3.8, 4) is 0 Å². The number of carbonyl (C=O) groups is 1. The smallest absolute Gasteiger partial charge is 0.335 e. The molecule has 12 heavy (non-hydrogen) atoms. The number of ether oxygens (including phenoxy) is 1. The van der Waals surface area contributed by atoms with E-state index in [0.717, 1.165) is 0 Å². The first-order valence-corrected chi connectivity index (χ1v) is 3.52. The number of carboxylic acids is 1. The summed E-state index contributed by atoms with van der Waals surface area (Å²) in [6.45, 7) is -0.0119. The molecule has 0 saturated carbocycles. The Bertz CT molecular complexity index is 185. The number of nitrogens with two attached hydrogens (primary N) is 1. The van der Waals surface area contributed by atoms with E-state index in [1.54, 1.807) is 0 Å². The number of aliphatic hydroxyl groups excluding tert-OH is 2. The number of hydrogen-bond acceptors (Lipinski definition) is 5. The van der Waals surface area contributed by atoms with Crippen molar-refractivity contribution in [2.45, 2.75) is 24.4 Å². The molecule has 1 fully saturated rings. The van der Waals surface area contributed by atoms with E-state index < -0.39 is 30.4 Å². The van der Waals surface area contributed by atoms with Crippen LogP contribution >= 0.6 is 0 Å². The Morgan fingerprint density at radius 3 is 2.25 bits per heavy atom. The van der Waals surface area contributed by atoms with Gasteiger partial charge in [-0.2, -0.15) is 0 Å². The lowest BCUT2D eigenvalue weighted by atomic mass is 10.1. The zero-order valence-electron chi connectivity index (χ0n) is 6.25. The van der Waals surface area contributed by atoms with Crippen LogP contribution in [-0.4, -0.2) is 52.2 Å². The quantitative estimate of drug-likeness (QED) is 0.371. The van der Waals surface area contributed by atoms with E-state index in [1.165, 1.54) is 0 Å². The number of carboxylic acid groups (broad SMARTS) is 1. The van der Waals surface area contributed by atoms with E-state index in [0.29, 0.717) is 0 Å². The molecule has 5 N–H and O–H groups in total. The first-order chi connectivity index (χ1) is 5.57. The molecule has 6 nitrogen and oxygen atoms in total. The van der Waals surface area contributed by atoms with E-state index in [9.17, 15) is 4.79 Å². The third-order valence-electron chi connectivity index (χ3n) is 1.84. The maximum Gasteiger partial charge on any atom is 0.335 e. The summed E-state index contributed by atoms with van der Waals surface area (Å²) in [5.74, 6) is -1.29. The van der Waals surface area contributed by atoms with Crippen LogP contribution in [0.2, 0.25) is 0 Å². The van der Waals surface area contributed by atoms with Gasteiger partial charge in [0.2, 0.25) is 0 Å². The number of hydrogen-bond donors (Lipinski definition) is 4. The normalized spacial score (nSPS) is 41.6. The summed E-state index contributed by atoms with van der Waals surface area (Å²) < 4.78 is 4.77. The summed E-state index contributed by atoms with van der Waals surface area (Å²) in [7, 11) is 0. The van der Waals surface area contributed by atoms with Crippen LogP contribution in [0.15, 0.2) is 0 Å². The highest BCUT2D eigenvalue weighted by atomic mass is 16.6. The molecule has 0 aromatic heterocycles. The molecule has 1 rings (SSSR count). The molecule has 1 aliphatic heterocycles. The maximum atomic E-state index is 10.4. The lowest BCUT2D eigenvalue weighted by molar-refractivity contribution is -0.153. The molecule has 1 aliphatic rings. The van der Waals surface area contributed by atoms with Gasteiger partial charge in [0.15, 0.2) is 6.10 Å². The zero-order chi connectivity index (χ0) is 9.30. The van der Waals surface area contributed by atoms with Gasteiger partial charge in [0.25, 0.3) is 0 Å². The molecule has 0 amide bonds. The van der Waals surface area contributed by atoms with Gasteiger partial charge < -0.3 is 25.8 Å². The first-order valence-electron chi connectivity index (χ1n) is 3.52. The Kier molecular flexibility index (Phi) is 2.63. The van der Waals surface area contributed by atoms with Gasteiger partial charge in [-0.15, -0.1) is 0 Å². The van der Waals surface area contributed by atoms with E-state index in [1.807, 2.05) is 0 Å². The fourth-order valence-electron chi connectivity index (χ4n) is 1.15. The Labute approximate surface area is 68.6 Å². The average molecular weight is 177 g/mol. The molecule has 0 radical (unpaired) electrons. The van der Waals surface area contributed by atoms with Crippen LogP contribution in [0, 0.1) is 0 Å². The van der Waals surface area contributed by atoms with Crippen LogP contribution in [0.3, 0.4) is 0 Å². The molecule has 1 saturated heterocycles. The Hall–Kier alpha value is -0.690. The van der Waals surface area contributed by atoms with Crippen LogP contribution in [0.25, 0.3) is 0 Å². The van der Waals surface area contributed by atoms with Crippen molar-refractivity contribution in [1.82, 2.24) is 0 Å². The Morgan fingerprint density at radius 2 is 2.00 bits per heavy atom. The Morgan fingerprint density at radius 1 is 1.42 bits per heavy atom. The van der Waals surface area contributed by atoms with Gasteiger partial charge in [0.05, 0.1) is 6.10 Å². The van der Waals surface area contributed by atoms with Crippen LogP contribution in [0.5, 0.6) is 0 Å². The standard InChI is InChI=1S/C6H11NO5/c7-1-2-3(8)4(9)5(12-2)6(10)11/h2-5,8-9H,1,7H2,(H,10,11)/t2-,3-,4-,5+/m1/s1. The van der Waals surface area contributed by atoms with Gasteiger partial charge in [0.1, 0.15) is 12.2 Å². The highest BCUT2D eigenvalue weighted by Gasteiger charge is 2.45. The van der Waals surface area contributed by atoms with E-state index >= 15 is 0 Å². The van der Waals surface area contributed by atoms with Crippen LogP contribution in [0.4, 0.5) is 0 Å². The third-order valence-corrected chi connectivity index (χ3v) is 1.84. The predicted octanol–water partition coefficient (Wildman–Crippen LogP) is -2.48. The van der Waals surface area contributed by atoms with Gasteiger partial charge in [0, 0.05) is 6.54 Å². The van der Waals surface area contributed by atoms with Crippen molar-refractivity contribution in [1.29, 1.82) is 0 Å². The molecule has 0 spiro atoms. The summed E-state index contributed by atoms with van der Waals surface area (Å²) in [6, 6.07) is 0. The minimum Gasteiger partial charge on any atom is -0.479 e. The molecule has 0 aromatic rings. The second-order valence-corrected chi connectivity index (χ2v) is 2.65. The van der Waals surface area contributed by atoms with Crippen LogP contribution < -0.4 is 5.73 Å². The monoisotopic (exact) mass is 177 g/mol. The average Bonchev–Trinajstić information content (AvgIpc) is 2.30. The lowest BCUT2D eigenvalue weighted by Gasteiger charge is -2.10. The largest absolute Gasteiger partial charge is 0.479 e. The van der Waals surface area contributed by atoms with Crippen molar-refractivity contribution in [3.05, 3.63) is 0 Å². The third kappa shape index (κ3) is 1.42. The van der Waals surface area contributed by atoms with E-state index in [4.69, 9.17) is 25.8 Å². The number of rotatable bonds is 2.